The zero-order valence-corrected chi connectivity index (χ0v) is 16.8. The lowest BCUT2D eigenvalue weighted by atomic mass is 9.92. The Morgan fingerprint density at radius 1 is 1.23 bits per heavy atom. The Labute approximate surface area is 174 Å². The molecule has 154 valence electrons. The van der Waals surface area contributed by atoms with Gasteiger partial charge < -0.3 is 9.88 Å². The van der Waals surface area contributed by atoms with E-state index in [2.05, 4.69) is 15.3 Å². The van der Waals surface area contributed by atoms with Crippen LogP contribution in [0.15, 0.2) is 42.9 Å². The summed E-state index contributed by atoms with van der Waals surface area (Å²) in [7, 11) is 0. The summed E-state index contributed by atoms with van der Waals surface area (Å²) in [5.41, 5.74) is 4.42. The summed E-state index contributed by atoms with van der Waals surface area (Å²) in [6.07, 6.45) is 5.16. The summed E-state index contributed by atoms with van der Waals surface area (Å²) in [6.45, 7) is 2.54. The van der Waals surface area contributed by atoms with Crippen LogP contribution in [0.3, 0.4) is 0 Å². The number of aromatic nitrogens is 3. The Morgan fingerprint density at radius 2 is 2.07 bits per heavy atom. The van der Waals surface area contributed by atoms with Crippen LogP contribution in [0, 0.1) is 12.7 Å². The van der Waals surface area contributed by atoms with Crippen molar-refractivity contribution in [1.29, 1.82) is 0 Å². The van der Waals surface area contributed by atoms with Crippen LogP contribution in [0.5, 0.6) is 0 Å². The fourth-order valence-electron chi connectivity index (χ4n) is 4.05. The first kappa shape index (κ1) is 19.9. The smallest absolute Gasteiger partial charge is 0.224 e. The standard InChI is InChI=1S/C23H23FN4O2/c1-15-18(11-22(30)26-12-17-9-10-25-14-27-17)23-20(7-4-8-21(23)29)28(15)13-16-5-2-3-6-19(16)24/h2-3,5-6,9-10,14H,4,7-8,11-13H2,1H3,(H,26,30). The largest absolute Gasteiger partial charge is 0.350 e. The molecule has 2 aromatic heterocycles. The molecule has 0 fully saturated rings. The number of ketones is 1. The molecular weight excluding hydrogens is 383 g/mol. The van der Waals surface area contributed by atoms with Crippen LogP contribution >= 0.6 is 0 Å². The molecule has 30 heavy (non-hydrogen) atoms. The van der Waals surface area contributed by atoms with E-state index >= 15 is 0 Å². The van der Waals surface area contributed by atoms with E-state index in [9.17, 15) is 14.0 Å². The molecule has 0 atom stereocenters. The number of carbonyl (C=O) groups is 2. The van der Waals surface area contributed by atoms with Crippen molar-refractivity contribution in [2.45, 2.75) is 45.7 Å². The minimum Gasteiger partial charge on any atom is -0.350 e. The predicted molar refractivity (Wildman–Crippen MR) is 110 cm³/mol. The number of halogens is 1. The number of hydrogen-bond acceptors (Lipinski definition) is 4. The maximum Gasteiger partial charge on any atom is 0.224 e. The van der Waals surface area contributed by atoms with E-state index in [0.717, 1.165) is 29.8 Å². The molecule has 3 aromatic rings. The summed E-state index contributed by atoms with van der Waals surface area (Å²) < 4.78 is 16.2. The van der Waals surface area contributed by atoms with Gasteiger partial charge in [-0.05, 0) is 37.5 Å². The molecule has 1 aromatic carbocycles. The van der Waals surface area contributed by atoms with Crippen LogP contribution in [0.4, 0.5) is 4.39 Å². The molecule has 0 unspecified atom stereocenters. The number of amides is 1. The Kier molecular flexibility index (Phi) is 5.70. The van der Waals surface area contributed by atoms with E-state index in [1.54, 1.807) is 30.5 Å². The van der Waals surface area contributed by atoms with Gasteiger partial charge in [-0.25, -0.2) is 14.4 Å². The van der Waals surface area contributed by atoms with E-state index < -0.39 is 0 Å². The number of nitrogens with one attached hydrogen (secondary N) is 1. The van der Waals surface area contributed by atoms with Gasteiger partial charge in [0, 0.05) is 35.1 Å². The second kappa shape index (κ2) is 8.57. The molecular formula is C23H23FN4O2. The molecule has 0 saturated heterocycles. The molecule has 1 amide bonds. The summed E-state index contributed by atoms with van der Waals surface area (Å²) in [5.74, 6) is -0.392. The van der Waals surface area contributed by atoms with Gasteiger partial charge in [-0.15, -0.1) is 0 Å². The minimum atomic E-state index is -0.273. The van der Waals surface area contributed by atoms with Crippen molar-refractivity contribution in [3.05, 3.63) is 82.4 Å². The minimum absolute atomic E-state index is 0.0604. The van der Waals surface area contributed by atoms with Crippen LogP contribution in [0.25, 0.3) is 0 Å². The van der Waals surface area contributed by atoms with Crippen LogP contribution < -0.4 is 5.32 Å². The van der Waals surface area contributed by atoms with E-state index in [-0.39, 0.29) is 23.9 Å². The Morgan fingerprint density at radius 3 is 2.83 bits per heavy atom. The number of rotatable bonds is 6. The first-order chi connectivity index (χ1) is 14.5. The van der Waals surface area contributed by atoms with Crippen molar-refractivity contribution in [1.82, 2.24) is 19.9 Å². The Hall–Kier alpha value is -3.35. The van der Waals surface area contributed by atoms with Crippen LogP contribution in [-0.2, 0) is 30.7 Å². The van der Waals surface area contributed by atoms with Gasteiger partial charge in [-0.3, -0.25) is 9.59 Å². The molecule has 1 aliphatic rings. The van der Waals surface area contributed by atoms with Crippen LogP contribution in [0.2, 0.25) is 0 Å². The fourth-order valence-corrected chi connectivity index (χ4v) is 4.05. The van der Waals surface area contributed by atoms with E-state index in [1.807, 2.05) is 11.5 Å². The van der Waals surface area contributed by atoms with Crippen LogP contribution in [-0.4, -0.2) is 26.2 Å². The quantitative estimate of drug-likeness (QED) is 0.682. The summed E-state index contributed by atoms with van der Waals surface area (Å²) in [6, 6.07) is 8.39. The zero-order valence-electron chi connectivity index (χ0n) is 16.8. The van der Waals surface area contributed by atoms with Gasteiger partial charge in [0.05, 0.1) is 25.2 Å². The highest BCUT2D eigenvalue weighted by Gasteiger charge is 2.29. The van der Waals surface area contributed by atoms with Gasteiger partial charge in [0.15, 0.2) is 5.78 Å². The molecule has 4 rings (SSSR count). The van der Waals surface area contributed by atoms with Crippen molar-refractivity contribution >= 4 is 11.7 Å². The maximum atomic E-state index is 14.2. The highest BCUT2D eigenvalue weighted by molar-refractivity contribution is 6.01. The second-order valence-corrected chi connectivity index (χ2v) is 7.49. The van der Waals surface area contributed by atoms with Crippen LogP contribution in [0.1, 0.15) is 51.4 Å². The lowest BCUT2D eigenvalue weighted by Crippen LogP contribution is -2.26. The van der Waals surface area contributed by atoms with Crippen molar-refractivity contribution < 1.29 is 14.0 Å². The van der Waals surface area contributed by atoms with Crippen molar-refractivity contribution in [3.63, 3.8) is 0 Å². The van der Waals surface area contributed by atoms with Crippen molar-refractivity contribution in [2.24, 2.45) is 0 Å². The zero-order chi connectivity index (χ0) is 21.1. The third kappa shape index (κ3) is 4.01. The molecule has 0 aliphatic heterocycles. The number of fused-ring (bicyclic) bond motifs is 1. The molecule has 0 spiro atoms. The van der Waals surface area contributed by atoms with Gasteiger partial charge in [-0.2, -0.15) is 0 Å². The normalized spacial score (nSPS) is 13.2. The fraction of sp³-hybridized carbons (Fsp3) is 0.304. The highest BCUT2D eigenvalue weighted by Crippen LogP contribution is 2.31. The average molecular weight is 406 g/mol. The van der Waals surface area contributed by atoms with Gasteiger partial charge in [0.2, 0.25) is 5.91 Å². The monoisotopic (exact) mass is 406 g/mol. The molecule has 0 saturated carbocycles. The number of hydrogen-bond donors (Lipinski definition) is 1. The van der Waals surface area contributed by atoms with Gasteiger partial charge in [-0.1, -0.05) is 18.2 Å². The summed E-state index contributed by atoms with van der Waals surface area (Å²) in [4.78, 5) is 33.3. The van der Waals surface area contributed by atoms with Gasteiger partial charge >= 0.3 is 0 Å². The Bertz CT molecular complexity index is 1090. The van der Waals surface area contributed by atoms with E-state index in [1.165, 1.54) is 12.4 Å². The van der Waals surface area contributed by atoms with Crippen molar-refractivity contribution in [2.75, 3.05) is 0 Å². The molecule has 7 heteroatoms. The molecule has 2 heterocycles. The first-order valence-electron chi connectivity index (χ1n) is 10.0. The number of nitrogens with zero attached hydrogens (tertiary/aromatic N) is 3. The SMILES string of the molecule is Cc1c(CC(=O)NCc2ccncn2)c2c(n1Cc1ccccc1F)CCCC2=O. The molecule has 6 nitrogen and oxygen atoms in total. The van der Waals surface area contributed by atoms with E-state index in [4.69, 9.17) is 0 Å². The van der Waals surface area contributed by atoms with Gasteiger partial charge in [0.25, 0.3) is 0 Å². The number of carbonyl (C=O) groups excluding carboxylic acids is 2. The third-order valence-electron chi connectivity index (χ3n) is 5.59. The third-order valence-corrected chi connectivity index (χ3v) is 5.59. The second-order valence-electron chi connectivity index (χ2n) is 7.49. The summed E-state index contributed by atoms with van der Waals surface area (Å²) in [5, 5.41) is 2.85. The lowest BCUT2D eigenvalue weighted by molar-refractivity contribution is -0.120. The number of benzene rings is 1. The molecule has 1 aliphatic carbocycles. The molecule has 1 N–H and O–H groups in total. The lowest BCUT2D eigenvalue weighted by Gasteiger charge is -2.16. The Balaban J connectivity index is 1.61. The average Bonchev–Trinajstić information content (AvgIpc) is 3.01. The topological polar surface area (TPSA) is 76.9 Å². The molecule has 0 bridgehead atoms. The maximum absolute atomic E-state index is 14.2. The highest BCUT2D eigenvalue weighted by atomic mass is 19.1. The first-order valence-corrected chi connectivity index (χ1v) is 10.0. The summed E-state index contributed by atoms with van der Waals surface area (Å²) >= 11 is 0. The number of Topliss-reactive ketones (excluding diaryl/α,β-unsaturated/α-hetero) is 1. The van der Waals surface area contributed by atoms with Crippen molar-refractivity contribution in [3.8, 4) is 0 Å². The van der Waals surface area contributed by atoms with E-state index in [0.29, 0.717) is 36.3 Å². The molecule has 0 radical (unpaired) electrons. The predicted octanol–water partition coefficient (Wildman–Crippen LogP) is 3.15. The van der Waals surface area contributed by atoms with Gasteiger partial charge in [0.1, 0.15) is 12.1 Å².